The zero-order valence-corrected chi connectivity index (χ0v) is 23.3. The summed E-state index contributed by atoms with van der Waals surface area (Å²) in [5.74, 6) is 1.21. The summed E-state index contributed by atoms with van der Waals surface area (Å²) in [6, 6.07) is 0. The van der Waals surface area contributed by atoms with Gasteiger partial charge in [0.25, 0.3) is 0 Å². The van der Waals surface area contributed by atoms with Gasteiger partial charge in [0.1, 0.15) is 5.78 Å². The smallest absolute Gasteiger partial charge is 0.312 e. The van der Waals surface area contributed by atoms with E-state index in [2.05, 4.69) is 47.6 Å². The van der Waals surface area contributed by atoms with E-state index in [1.165, 1.54) is 5.57 Å². The minimum atomic E-state index is -0.385. The standard InChI is InChI=1S/C31H48O4/c1-26(2)14-16-30(25(34)35-7)17-15-28(5)20(21(30)18-26)8-9-23-29(28,6)12-10-22-27(3,4)24(33)11-13-31(22,23)19-32/h8,21-23,32H,9-19H2,1-7H3/t21-,22?,23+,28-,29-,30+,31-/m1/s1. The zero-order chi connectivity index (χ0) is 25.7. The number of fused-ring (bicyclic) bond motifs is 7. The Balaban J connectivity index is 1.62. The second-order valence-corrected chi connectivity index (χ2v) is 14.9. The summed E-state index contributed by atoms with van der Waals surface area (Å²) in [6.07, 6.45) is 11.9. The fourth-order valence-electron chi connectivity index (χ4n) is 10.6. The average molecular weight is 485 g/mol. The molecule has 1 unspecified atom stereocenters. The molecule has 5 aliphatic rings. The Morgan fingerprint density at radius 3 is 2.34 bits per heavy atom. The van der Waals surface area contributed by atoms with Crippen LogP contribution in [0.3, 0.4) is 0 Å². The molecule has 4 heteroatoms. The fraction of sp³-hybridized carbons (Fsp3) is 0.871. The van der Waals surface area contributed by atoms with Crippen LogP contribution in [0, 0.1) is 50.2 Å². The summed E-state index contributed by atoms with van der Waals surface area (Å²) in [6.45, 7) is 14.2. The van der Waals surface area contributed by atoms with E-state index in [4.69, 9.17) is 4.74 Å². The number of rotatable bonds is 2. The second-order valence-electron chi connectivity index (χ2n) is 14.9. The van der Waals surface area contributed by atoms with Crippen molar-refractivity contribution in [2.24, 2.45) is 50.2 Å². The molecule has 0 aromatic rings. The van der Waals surface area contributed by atoms with Crippen LogP contribution in [0.1, 0.15) is 106 Å². The third kappa shape index (κ3) is 3.07. The number of ether oxygens (including phenoxy) is 1. The van der Waals surface area contributed by atoms with Gasteiger partial charge >= 0.3 is 5.97 Å². The van der Waals surface area contributed by atoms with E-state index in [1.807, 2.05) is 0 Å². The van der Waals surface area contributed by atoms with Crippen molar-refractivity contribution in [3.8, 4) is 0 Å². The Morgan fingerprint density at radius 1 is 1.00 bits per heavy atom. The Morgan fingerprint density at radius 2 is 1.69 bits per heavy atom. The first-order chi connectivity index (χ1) is 16.2. The number of carbonyl (C=O) groups excluding carboxylic acids is 2. The summed E-state index contributed by atoms with van der Waals surface area (Å²) in [4.78, 5) is 26.3. The third-order valence-electron chi connectivity index (χ3n) is 13.0. The first kappa shape index (κ1) is 25.5. The third-order valence-corrected chi connectivity index (χ3v) is 13.0. The molecule has 7 atom stereocenters. The van der Waals surface area contributed by atoms with Crippen molar-refractivity contribution in [2.45, 2.75) is 106 Å². The molecule has 0 aromatic heterocycles. The Hall–Kier alpha value is -1.16. The van der Waals surface area contributed by atoms with Gasteiger partial charge in [0.05, 0.1) is 12.5 Å². The molecule has 0 spiro atoms. The molecule has 0 radical (unpaired) electrons. The lowest BCUT2D eigenvalue weighted by Gasteiger charge is -2.70. The van der Waals surface area contributed by atoms with Crippen LogP contribution in [0.15, 0.2) is 11.6 Å². The highest BCUT2D eigenvalue weighted by molar-refractivity contribution is 5.85. The SMILES string of the molecule is COC(=O)[C@]12CCC(C)(C)C[C@@H]1C1=CC[C@@H]3[C@@]4(CO)CCC(=O)C(C)(C)C4CC[C@@]3(C)[C@]1(C)CC2. The molecule has 4 fully saturated rings. The van der Waals surface area contributed by atoms with Gasteiger partial charge in [0.2, 0.25) is 0 Å². The van der Waals surface area contributed by atoms with E-state index in [0.717, 1.165) is 57.8 Å². The molecule has 5 aliphatic carbocycles. The number of aliphatic hydroxyl groups is 1. The number of hydrogen-bond donors (Lipinski definition) is 1. The van der Waals surface area contributed by atoms with Gasteiger partial charge in [-0.1, -0.05) is 53.2 Å². The normalized spacial score (nSPS) is 47.9. The Labute approximate surface area is 212 Å². The minimum absolute atomic E-state index is 0.00342. The topological polar surface area (TPSA) is 63.6 Å². The van der Waals surface area contributed by atoms with E-state index in [9.17, 15) is 14.7 Å². The van der Waals surface area contributed by atoms with Crippen LogP contribution < -0.4 is 0 Å². The number of Topliss-reactive ketones (excluding diaryl/α,β-unsaturated/α-hetero) is 1. The van der Waals surface area contributed by atoms with Gasteiger partial charge in [-0.05, 0) is 91.8 Å². The van der Waals surface area contributed by atoms with Crippen LogP contribution >= 0.6 is 0 Å². The maximum atomic E-state index is 13.3. The molecule has 0 amide bonds. The number of hydrogen-bond acceptors (Lipinski definition) is 4. The van der Waals surface area contributed by atoms with Crippen molar-refractivity contribution >= 4 is 11.8 Å². The van der Waals surface area contributed by atoms with Crippen molar-refractivity contribution in [1.29, 1.82) is 0 Å². The van der Waals surface area contributed by atoms with E-state index in [0.29, 0.717) is 18.1 Å². The number of carbonyl (C=O) groups is 2. The van der Waals surface area contributed by atoms with Gasteiger partial charge in [-0.15, -0.1) is 0 Å². The molecule has 0 aliphatic heterocycles. The monoisotopic (exact) mass is 484 g/mol. The number of methoxy groups -OCH3 is 1. The van der Waals surface area contributed by atoms with Crippen molar-refractivity contribution in [3.05, 3.63) is 11.6 Å². The highest BCUT2D eigenvalue weighted by atomic mass is 16.5. The van der Waals surface area contributed by atoms with Crippen LogP contribution in [0.2, 0.25) is 0 Å². The second kappa shape index (κ2) is 7.68. The number of aliphatic hydroxyl groups excluding tert-OH is 1. The predicted octanol–water partition coefficient (Wildman–Crippen LogP) is 6.50. The molecule has 196 valence electrons. The van der Waals surface area contributed by atoms with E-state index in [1.54, 1.807) is 7.11 Å². The van der Waals surface area contributed by atoms with Gasteiger partial charge in [-0.25, -0.2) is 0 Å². The van der Waals surface area contributed by atoms with Crippen molar-refractivity contribution in [1.82, 2.24) is 0 Å². The van der Waals surface area contributed by atoms with Crippen LogP contribution in [-0.4, -0.2) is 30.6 Å². The molecule has 4 nitrogen and oxygen atoms in total. The Bertz CT molecular complexity index is 961. The maximum absolute atomic E-state index is 13.3. The summed E-state index contributed by atoms with van der Waals surface area (Å²) in [5.41, 5.74) is 0.839. The molecule has 0 aromatic carbocycles. The van der Waals surface area contributed by atoms with E-state index >= 15 is 0 Å². The van der Waals surface area contributed by atoms with E-state index in [-0.39, 0.29) is 56.9 Å². The first-order valence-electron chi connectivity index (χ1n) is 14.2. The summed E-state index contributed by atoms with van der Waals surface area (Å²) in [7, 11) is 1.56. The predicted molar refractivity (Wildman–Crippen MR) is 137 cm³/mol. The summed E-state index contributed by atoms with van der Waals surface area (Å²) in [5, 5.41) is 11.0. The lowest BCUT2D eigenvalue weighted by Crippen LogP contribution is -2.66. The molecular weight excluding hydrogens is 436 g/mol. The largest absolute Gasteiger partial charge is 0.469 e. The van der Waals surface area contributed by atoms with Gasteiger partial charge in [0.15, 0.2) is 0 Å². The molecule has 0 heterocycles. The summed E-state index contributed by atoms with van der Waals surface area (Å²) >= 11 is 0. The molecule has 1 N–H and O–H groups in total. The first-order valence-corrected chi connectivity index (χ1v) is 14.2. The molecule has 35 heavy (non-hydrogen) atoms. The molecule has 5 rings (SSSR count). The molecule has 0 bridgehead atoms. The van der Waals surface area contributed by atoms with Gasteiger partial charge in [-0.2, -0.15) is 0 Å². The summed E-state index contributed by atoms with van der Waals surface area (Å²) < 4.78 is 5.47. The lowest BCUT2D eigenvalue weighted by molar-refractivity contribution is -0.203. The van der Waals surface area contributed by atoms with Crippen molar-refractivity contribution in [2.75, 3.05) is 13.7 Å². The van der Waals surface area contributed by atoms with Crippen LogP contribution in [0.5, 0.6) is 0 Å². The lowest BCUT2D eigenvalue weighted by atomic mass is 9.33. The van der Waals surface area contributed by atoms with E-state index < -0.39 is 0 Å². The highest BCUT2D eigenvalue weighted by Crippen LogP contribution is 2.75. The molecular formula is C31H48O4. The van der Waals surface area contributed by atoms with Gasteiger partial charge in [-0.3, -0.25) is 9.59 Å². The van der Waals surface area contributed by atoms with Crippen LogP contribution in [0.25, 0.3) is 0 Å². The molecule has 0 saturated heterocycles. The zero-order valence-electron chi connectivity index (χ0n) is 23.3. The minimum Gasteiger partial charge on any atom is -0.469 e. The number of allylic oxidation sites excluding steroid dienone is 2. The van der Waals surface area contributed by atoms with Crippen LogP contribution in [0.4, 0.5) is 0 Å². The maximum Gasteiger partial charge on any atom is 0.312 e. The highest BCUT2D eigenvalue weighted by Gasteiger charge is 2.70. The fourth-order valence-corrected chi connectivity index (χ4v) is 10.6. The number of esters is 1. The average Bonchev–Trinajstić information content (AvgIpc) is 2.80. The van der Waals surface area contributed by atoms with Crippen LogP contribution in [-0.2, 0) is 14.3 Å². The quantitative estimate of drug-likeness (QED) is 0.359. The van der Waals surface area contributed by atoms with Gasteiger partial charge < -0.3 is 9.84 Å². The van der Waals surface area contributed by atoms with Gasteiger partial charge in [0, 0.05) is 23.9 Å². The number of ketones is 1. The van der Waals surface area contributed by atoms with Crippen molar-refractivity contribution < 1.29 is 19.4 Å². The Kier molecular flexibility index (Phi) is 5.59. The molecule has 4 saturated carbocycles. The van der Waals surface area contributed by atoms with Crippen molar-refractivity contribution in [3.63, 3.8) is 0 Å².